The van der Waals surface area contributed by atoms with E-state index in [-0.39, 0.29) is 17.4 Å². The molecule has 0 spiro atoms. The van der Waals surface area contributed by atoms with Crippen molar-refractivity contribution in [3.63, 3.8) is 0 Å². The van der Waals surface area contributed by atoms with Crippen molar-refractivity contribution in [2.75, 3.05) is 11.5 Å². The molecular formula is C31H31NO6. The minimum absolute atomic E-state index is 0.00822. The monoisotopic (exact) mass is 513 g/mol. The molecule has 1 unspecified atom stereocenters. The van der Waals surface area contributed by atoms with Crippen LogP contribution in [0.25, 0.3) is 5.76 Å². The molecule has 0 radical (unpaired) electrons. The maximum Gasteiger partial charge on any atom is 0.338 e. The van der Waals surface area contributed by atoms with E-state index in [2.05, 4.69) is 0 Å². The number of aliphatic hydroxyl groups is 1. The van der Waals surface area contributed by atoms with Gasteiger partial charge in [-0.05, 0) is 81.3 Å². The Labute approximate surface area is 222 Å². The van der Waals surface area contributed by atoms with Gasteiger partial charge in [0.1, 0.15) is 11.5 Å². The third-order valence-corrected chi connectivity index (χ3v) is 6.13. The fourth-order valence-corrected chi connectivity index (χ4v) is 4.38. The van der Waals surface area contributed by atoms with Crippen LogP contribution in [0.3, 0.4) is 0 Å². The van der Waals surface area contributed by atoms with Crippen LogP contribution in [0.1, 0.15) is 60.3 Å². The van der Waals surface area contributed by atoms with Crippen molar-refractivity contribution >= 4 is 29.1 Å². The van der Waals surface area contributed by atoms with Gasteiger partial charge in [0.05, 0.1) is 29.9 Å². The highest BCUT2D eigenvalue weighted by Gasteiger charge is 2.47. The molecule has 38 heavy (non-hydrogen) atoms. The van der Waals surface area contributed by atoms with Gasteiger partial charge in [-0.15, -0.1) is 0 Å². The van der Waals surface area contributed by atoms with E-state index in [1.165, 1.54) is 4.90 Å². The van der Waals surface area contributed by atoms with E-state index in [0.717, 1.165) is 12.0 Å². The summed E-state index contributed by atoms with van der Waals surface area (Å²) in [6, 6.07) is 19.7. The van der Waals surface area contributed by atoms with Crippen LogP contribution in [0.2, 0.25) is 0 Å². The summed E-state index contributed by atoms with van der Waals surface area (Å²) >= 11 is 0. The predicted molar refractivity (Wildman–Crippen MR) is 145 cm³/mol. The third-order valence-electron chi connectivity index (χ3n) is 6.13. The highest BCUT2D eigenvalue weighted by Crippen LogP contribution is 2.42. The smallest absolute Gasteiger partial charge is 0.338 e. The number of rotatable bonds is 8. The van der Waals surface area contributed by atoms with E-state index in [4.69, 9.17) is 9.47 Å². The van der Waals surface area contributed by atoms with Crippen LogP contribution in [0, 0.1) is 6.92 Å². The SMILES string of the molecule is CCCOc1ccc(/C(O)=C2\C(=O)C(=O)N(c3ccc(C(=O)OC(C)C)cc3)C2c2cccc(C)c2)cc1. The van der Waals surface area contributed by atoms with Crippen molar-refractivity contribution in [1.29, 1.82) is 0 Å². The molecule has 0 bridgehead atoms. The summed E-state index contributed by atoms with van der Waals surface area (Å²) in [6.45, 7) is 8.02. The van der Waals surface area contributed by atoms with Crippen LogP contribution >= 0.6 is 0 Å². The average molecular weight is 514 g/mol. The van der Waals surface area contributed by atoms with Crippen LogP contribution in [0.4, 0.5) is 5.69 Å². The largest absolute Gasteiger partial charge is 0.507 e. The van der Waals surface area contributed by atoms with Gasteiger partial charge in [0.25, 0.3) is 11.7 Å². The molecule has 7 nitrogen and oxygen atoms in total. The first-order valence-corrected chi connectivity index (χ1v) is 12.6. The summed E-state index contributed by atoms with van der Waals surface area (Å²) in [5, 5.41) is 11.3. The molecule has 3 aromatic rings. The van der Waals surface area contributed by atoms with Gasteiger partial charge in [-0.25, -0.2) is 4.79 Å². The Morgan fingerprint density at radius 1 is 0.974 bits per heavy atom. The molecule has 3 aromatic carbocycles. The Balaban J connectivity index is 1.79. The molecule has 196 valence electrons. The maximum absolute atomic E-state index is 13.4. The Bertz CT molecular complexity index is 1370. The van der Waals surface area contributed by atoms with Crippen LogP contribution in [-0.4, -0.2) is 35.5 Å². The molecule has 7 heteroatoms. The number of amides is 1. The molecule has 1 heterocycles. The molecule has 4 rings (SSSR count). The number of carbonyl (C=O) groups is 3. The van der Waals surface area contributed by atoms with Gasteiger partial charge in [-0.2, -0.15) is 0 Å². The number of ketones is 1. The normalized spacial score (nSPS) is 16.7. The summed E-state index contributed by atoms with van der Waals surface area (Å²) in [7, 11) is 0. The van der Waals surface area contributed by atoms with Crippen LogP contribution in [0.15, 0.2) is 78.4 Å². The number of nitrogens with zero attached hydrogens (tertiary/aromatic N) is 1. The number of esters is 1. The molecule has 0 saturated carbocycles. The first kappa shape index (κ1) is 26.7. The second-order valence-corrected chi connectivity index (χ2v) is 9.46. The Kier molecular flexibility index (Phi) is 7.96. The summed E-state index contributed by atoms with van der Waals surface area (Å²) in [6.07, 6.45) is 0.593. The molecule has 1 fully saturated rings. The fourth-order valence-electron chi connectivity index (χ4n) is 4.38. The molecular weight excluding hydrogens is 482 g/mol. The molecule has 1 saturated heterocycles. The first-order chi connectivity index (χ1) is 18.2. The highest BCUT2D eigenvalue weighted by molar-refractivity contribution is 6.51. The second-order valence-electron chi connectivity index (χ2n) is 9.46. The number of aliphatic hydroxyl groups excluding tert-OH is 1. The zero-order chi connectivity index (χ0) is 27.4. The van der Waals surface area contributed by atoms with Gasteiger partial charge in [-0.3, -0.25) is 14.5 Å². The molecule has 0 aliphatic carbocycles. The zero-order valence-corrected chi connectivity index (χ0v) is 21.9. The van der Waals surface area contributed by atoms with Crippen molar-refractivity contribution in [2.45, 2.75) is 46.3 Å². The maximum atomic E-state index is 13.4. The fraction of sp³-hybridized carbons (Fsp3) is 0.258. The van der Waals surface area contributed by atoms with E-state index in [9.17, 15) is 19.5 Å². The standard InChI is InChI=1S/C31H31NO6/c1-5-17-37-25-15-11-21(12-16-25)28(33)26-27(23-8-6-7-20(4)18-23)32(30(35)29(26)34)24-13-9-22(10-14-24)31(36)38-19(2)3/h6-16,18-19,27,33H,5,17H2,1-4H3/b28-26+. The van der Waals surface area contributed by atoms with Crippen molar-refractivity contribution < 1.29 is 29.0 Å². The topological polar surface area (TPSA) is 93.1 Å². The minimum Gasteiger partial charge on any atom is -0.507 e. The molecule has 1 aliphatic rings. The lowest BCUT2D eigenvalue weighted by atomic mass is 9.94. The van der Waals surface area contributed by atoms with Crippen molar-refractivity contribution in [3.8, 4) is 5.75 Å². The van der Waals surface area contributed by atoms with Gasteiger partial charge in [-0.1, -0.05) is 36.8 Å². The number of carbonyl (C=O) groups excluding carboxylic acids is 3. The first-order valence-electron chi connectivity index (χ1n) is 12.6. The number of aryl methyl sites for hydroxylation is 1. The van der Waals surface area contributed by atoms with E-state index in [0.29, 0.717) is 34.7 Å². The minimum atomic E-state index is -0.862. The molecule has 0 aromatic heterocycles. The third kappa shape index (κ3) is 5.47. The van der Waals surface area contributed by atoms with E-state index in [1.807, 2.05) is 38.1 Å². The highest BCUT2D eigenvalue weighted by atomic mass is 16.5. The number of benzene rings is 3. The van der Waals surface area contributed by atoms with Crippen molar-refractivity contribution in [1.82, 2.24) is 0 Å². The predicted octanol–water partition coefficient (Wildman–Crippen LogP) is 5.98. The van der Waals surface area contributed by atoms with E-state index in [1.54, 1.807) is 62.4 Å². The summed E-state index contributed by atoms with van der Waals surface area (Å²) in [5.41, 5.74) is 2.76. The van der Waals surface area contributed by atoms with E-state index < -0.39 is 23.7 Å². The Morgan fingerprint density at radius 3 is 2.24 bits per heavy atom. The van der Waals surface area contributed by atoms with Gasteiger partial charge in [0.15, 0.2) is 0 Å². The molecule has 1 aliphatic heterocycles. The summed E-state index contributed by atoms with van der Waals surface area (Å²) < 4.78 is 10.9. The molecule has 1 N–H and O–H groups in total. The second kappa shape index (κ2) is 11.3. The number of hydrogen-bond acceptors (Lipinski definition) is 6. The molecule has 1 amide bonds. The van der Waals surface area contributed by atoms with Gasteiger partial charge < -0.3 is 14.6 Å². The number of ether oxygens (including phenoxy) is 2. The number of hydrogen-bond donors (Lipinski definition) is 1. The lowest BCUT2D eigenvalue weighted by molar-refractivity contribution is -0.132. The van der Waals surface area contributed by atoms with Crippen molar-refractivity contribution in [2.24, 2.45) is 0 Å². The lowest BCUT2D eigenvalue weighted by Crippen LogP contribution is -2.29. The van der Waals surface area contributed by atoms with Gasteiger partial charge in [0.2, 0.25) is 0 Å². The summed E-state index contributed by atoms with van der Waals surface area (Å²) in [5.74, 6) is -1.65. The quantitative estimate of drug-likeness (QED) is 0.173. The van der Waals surface area contributed by atoms with Gasteiger partial charge in [0, 0.05) is 11.3 Å². The van der Waals surface area contributed by atoms with Crippen LogP contribution < -0.4 is 9.64 Å². The van der Waals surface area contributed by atoms with Gasteiger partial charge >= 0.3 is 5.97 Å². The van der Waals surface area contributed by atoms with Crippen LogP contribution in [0.5, 0.6) is 5.75 Å². The lowest BCUT2D eigenvalue weighted by Gasteiger charge is -2.26. The summed E-state index contributed by atoms with van der Waals surface area (Å²) in [4.78, 5) is 40.4. The van der Waals surface area contributed by atoms with Crippen molar-refractivity contribution in [3.05, 3.63) is 101 Å². The average Bonchev–Trinajstić information content (AvgIpc) is 3.17. The number of anilines is 1. The Hall–Kier alpha value is -4.39. The van der Waals surface area contributed by atoms with Crippen LogP contribution in [-0.2, 0) is 14.3 Å². The van der Waals surface area contributed by atoms with E-state index >= 15 is 0 Å². The zero-order valence-electron chi connectivity index (χ0n) is 21.9. The Morgan fingerprint density at radius 2 is 1.63 bits per heavy atom. The number of Topliss-reactive ketones (excluding diaryl/α,β-unsaturated/α-hetero) is 1. The molecule has 1 atom stereocenters.